The van der Waals surface area contributed by atoms with Gasteiger partial charge in [0.2, 0.25) is 0 Å². The number of unbranched alkanes of at least 4 members (excludes halogenated alkanes) is 2. The summed E-state index contributed by atoms with van der Waals surface area (Å²) in [7, 11) is 1.60. The molecule has 3 rings (SSSR count). The highest BCUT2D eigenvalue weighted by Gasteiger charge is 2.31. The van der Waals surface area contributed by atoms with Gasteiger partial charge in [-0.25, -0.2) is 4.39 Å². The molecule has 0 unspecified atom stereocenters. The van der Waals surface area contributed by atoms with Crippen LogP contribution >= 0.6 is 0 Å². The summed E-state index contributed by atoms with van der Waals surface area (Å²) in [6.07, 6.45) is 16.4. The first-order valence-corrected chi connectivity index (χ1v) is 11.0. The second-order valence-corrected chi connectivity index (χ2v) is 8.78. The van der Waals surface area contributed by atoms with Gasteiger partial charge < -0.3 is 4.74 Å². The van der Waals surface area contributed by atoms with E-state index < -0.39 is 0 Å². The normalized spacial score (nSPS) is 29.5. The van der Waals surface area contributed by atoms with Crippen LogP contribution in [0.1, 0.15) is 95.5 Å². The Balaban J connectivity index is 1.44. The van der Waals surface area contributed by atoms with Crippen molar-refractivity contribution in [3.05, 3.63) is 29.6 Å². The number of halogens is 1. The van der Waals surface area contributed by atoms with Gasteiger partial charge in [0.1, 0.15) is 11.6 Å². The molecule has 0 N–H and O–H groups in total. The third-order valence-corrected chi connectivity index (χ3v) is 7.19. The van der Waals surface area contributed by atoms with Crippen molar-refractivity contribution in [2.75, 3.05) is 7.11 Å². The van der Waals surface area contributed by atoms with Crippen LogP contribution in [0, 0.1) is 23.6 Å². The molecule has 146 valence electrons. The molecular formula is C24H37FO. The summed E-state index contributed by atoms with van der Waals surface area (Å²) in [6, 6.07) is 5.40. The van der Waals surface area contributed by atoms with Crippen LogP contribution in [-0.2, 0) is 0 Å². The van der Waals surface area contributed by atoms with Gasteiger partial charge in [-0.15, -0.1) is 0 Å². The van der Waals surface area contributed by atoms with Crippen LogP contribution in [0.2, 0.25) is 0 Å². The second-order valence-electron chi connectivity index (χ2n) is 8.78. The molecule has 2 saturated carbocycles. The molecule has 0 bridgehead atoms. The van der Waals surface area contributed by atoms with E-state index in [0.29, 0.717) is 11.7 Å². The molecule has 2 fully saturated rings. The second kappa shape index (κ2) is 9.76. The van der Waals surface area contributed by atoms with E-state index in [9.17, 15) is 4.39 Å². The summed E-state index contributed by atoms with van der Waals surface area (Å²) in [6.45, 7) is 2.30. The molecule has 1 aromatic carbocycles. The molecule has 0 heterocycles. The number of methoxy groups -OCH3 is 1. The van der Waals surface area contributed by atoms with Gasteiger partial charge >= 0.3 is 0 Å². The number of ether oxygens (including phenoxy) is 1. The topological polar surface area (TPSA) is 9.23 Å². The van der Waals surface area contributed by atoms with Crippen molar-refractivity contribution in [3.8, 4) is 5.75 Å². The van der Waals surface area contributed by atoms with Gasteiger partial charge in [0, 0.05) is 6.07 Å². The van der Waals surface area contributed by atoms with E-state index in [1.807, 2.05) is 12.1 Å². The minimum atomic E-state index is -0.0830. The quantitative estimate of drug-likeness (QED) is 0.457. The Morgan fingerprint density at radius 3 is 2.15 bits per heavy atom. The van der Waals surface area contributed by atoms with E-state index in [2.05, 4.69) is 6.92 Å². The predicted octanol–water partition coefficient (Wildman–Crippen LogP) is 7.49. The molecule has 2 aliphatic carbocycles. The highest BCUT2D eigenvalue weighted by molar-refractivity contribution is 5.31. The molecule has 0 radical (unpaired) electrons. The fraction of sp³-hybridized carbons (Fsp3) is 0.750. The van der Waals surface area contributed by atoms with Crippen LogP contribution < -0.4 is 4.74 Å². The summed E-state index contributed by atoms with van der Waals surface area (Å²) >= 11 is 0. The van der Waals surface area contributed by atoms with Gasteiger partial charge in [-0.2, -0.15) is 0 Å². The zero-order valence-electron chi connectivity index (χ0n) is 16.8. The lowest BCUT2D eigenvalue weighted by atomic mass is 9.68. The molecule has 1 aromatic rings. The fourth-order valence-electron chi connectivity index (χ4n) is 5.50. The van der Waals surface area contributed by atoms with Crippen molar-refractivity contribution >= 4 is 0 Å². The van der Waals surface area contributed by atoms with Crippen LogP contribution in [0.4, 0.5) is 4.39 Å². The molecule has 0 spiro atoms. The molecule has 0 atom stereocenters. The maximum Gasteiger partial charge on any atom is 0.130 e. The molecule has 0 aliphatic heterocycles. The molecule has 0 amide bonds. The van der Waals surface area contributed by atoms with Crippen molar-refractivity contribution in [2.45, 2.75) is 89.9 Å². The van der Waals surface area contributed by atoms with E-state index in [4.69, 9.17) is 4.74 Å². The standard InChI is InChI=1S/C24H37FO/c1-3-4-5-6-18-7-9-19(10-8-18)20-11-13-21(14-12-20)23-16-15-22(26-2)17-24(23)25/h15-21H,3-14H2,1-2H3. The zero-order chi connectivity index (χ0) is 18.4. The number of rotatable bonds is 7. The largest absolute Gasteiger partial charge is 0.497 e. The predicted molar refractivity (Wildman–Crippen MR) is 107 cm³/mol. The first-order valence-electron chi connectivity index (χ1n) is 11.0. The van der Waals surface area contributed by atoms with Gasteiger partial charge in [0.25, 0.3) is 0 Å². The van der Waals surface area contributed by atoms with Gasteiger partial charge in [-0.05, 0) is 73.8 Å². The van der Waals surface area contributed by atoms with Crippen LogP contribution in [0.15, 0.2) is 18.2 Å². The van der Waals surface area contributed by atoms with E-state index in [1.54, 1.807) is 13.2 Å². The van der Waals surface area contributed by atoms with E-state index in [0.717, 1.165) is 36.2 Å². The summed E-state index contributed by atoms with van der Waals surface area (Å²) in [5, 5.41) is 0. The summed E-state index contributed by atoms with van der Waals surface area (Å²) < 4.78 is 19.5. The zero-order valence-corrected chi connectivity index (χ0v) is 16.8. The lowest BCUT2D eigenvalue weighted by Gasteiger charge is -2.38. The van der Waals surface area contributed by atoms with Gasteiger partial charge in [0.15, 0.2) is 0 Å². The minimum Gasteiger partial charge on any atom is -0.497 e. The van der Waals surface area contributed by atoms with Gasteiger partial charge in [-0.1, -0.05) is 51.5 Å². The Kier molecular flexibility index (Phi) is 7.40. The maximum atomic E-state index is 14.4. The lowest BCUT2D eigenvalue weighted by molar-refractivity contribution is 0.155. The summed E-state index contributed by atoms with van der Waals surface area (Å²) in [4.78, 5) is 0. The Morgan fingerprint density at radius 1 is 0.923 bits per heavy atom. The average Bonchev–Trinajstić information content (AvgIpc) is 2.69. The van der Waals surface area contributed by atoms with Crippen molar-refractivity contribution in [1.82, 2.24) is 0 Å². The fourth-order valence-corrected chi connectivity index (χ4v) is 5.50. The van der Waals surface area contributed by atoms with E-state index in [-0.39, 0.29) is 5.82 Å². The third kappa shape index (κ3) is 5.02. The van der Waals surface area contributed by atoms with E-state index in [1.165, 1.54) is 64.2 Å². The maximum absolute atomic E-state index is 14.4. The number of benzene rings is 1. The van der Waals surface area contributed by atoms with Crippen LogP contribution in [-0.4, -0.2) is 7.11 Å². The molecule has 26 heavy (non-hydrogen) atoms. The van der Waals surface area contributed by atoms with Crippen molar-refractivity contribution < 1.29 is 9.13 Å². The highest BCUT2D eigenvalue weighted by atomic mass is 19.1. The number of hydrogen-bond acceptors (Lipinski definition) is 1. The minimum absolute atomic E-state index is 0.0830. The van der Waals surface area contributed by atoms with E-state index >= 15 is 0 Å². The van der Waals surface area contributed by atoms with Crippen LogP contribution in [0.3, 0.4) is 0 Å². The van der Waals surface area contributed by atoms with Crippen molar-refractivity contribution in [2.24, 2.45) is 17.8 Å². The Morgan fingerprint density at radius 2 is 1.58 bits per heavy atom. The average molecular weight is 361 g/mol. The number of hydrogen-bond donors (Lipinski definition) is 0. The summed E-state index contributed by atoms with van der Waals surface area (Å²) in [5.74, 6) is 3.78. The highest BCUT2D eigenvalue weighted by Crippen LogP contribution is 2.45. The first-order chi connectivity index (χ1) is 12.7. The van der Waals surface area contributed by atoms with Crippen molar-refractivity contribution in [1.29, 1.82) is 0 Å². The van der Waals surface area contributed by atoms with Crippen molar-refractivity contribution in [3.63, 3.8) is 0 Å². The smallest absolute Gasteiger partial charge is 0.130 e. The van der Waals surface area contributed by atoms with Gasteiger partial charge in [0.05, 0.1) is 7.11 Å². The summed E-state index contributed by atoms with van der Waals surface area (Å²) in [5.41, 5.74) is 0.906. The SMILES string of the molecule is CCCCCC1CCC(C2CCC(c3ccc(OC)cc3F)CC2)CC1. The molecule has 2 aliphatic rings. The Labute approximate surface area is 159 Å². The monoisotopic (exact) mass is 360 g/mol. The third-order valence-electron chi connectivity index (χ3n) is 7.19. The molecule has 1 nitrogen and oxygen atoms in total. The van der Waals surface area contributed by atoms with Gasteiger partial charge in [-0.3, -0.25) is 0 Å². The lowest BCUT2D eigenvalue weighted by Crippen LogP contribution is -2.25. The Hall–Kier alpha value is -1.05. The Bertz CT molecular complexity index is 539. The molecule has 0 saturated heterocycles. The molecular weight excluding hydrogens is 323 g/mol. The molecule has 0 aromatic heterocycles. The van der Waals surface area contributed by atoms with Crippen LogP contribution in [0.25, 0.3) is 0 Å². The van der Waals surface area contributed by atoms with Crippen LogP contribution in [0.5, 0.6) is 5.75 Å². The first kappa shape index (κ1) is 19.7. The molecule has 2 heteroatoms.